The lowest BCUT2D eigenvalue weighted by Gasteiger charge is -2.28. The highest BCUT2D eigenvalue weighted by Gasteiger charge is 2.31. The van der Waals surface area contributed by atoms with E-state index in [0.717, 1.165) is 0 Å². The Morgan fingerprint density at radius 2 is 2.28 bits per heavy atom. The molecule has 18 heavy (non-hydrogen) atoms. The van der Waals surface area contributed by atoms with Crippen molar-refractivity contribution in [3.63, 3.8) is 0 Å². The SMILES string of the molecule is CC(CO)(CCOc1cccc(F)c1)NC1CC1. The first-order valence-electron chi connectivity index (χ1n) is 6.38. The van der Waals surface area contributed by atoms with Crippen molar-refractivity contribution in [2.45, 2.75) is 37.8 Å². The van der Waals surface area contributed by atoms with Gasteiger partial charge in [-0.25, -0.2) is 4.39 Å². The van der Waals surface area contributed by atoms with Crippen molar-refractivity contribution < 1.29 is 14.2 Å². The van der Waals surface area contributed by atoms with Crippen LogP contribution in [0.4, 0.5) is 4.39 Å². The molecular weight excluding hydrogens is 233 g/mol. The van der Waals surface area contributed by atoms with Gasteiger partial charge in [0.15, 0.2) is 0 Å². The third-order valence-electron chi connectivity index (χ3n) is 3.20. The molecule has 1 unspecified atom stereocenters. The Hall–Kier alpha value is -1.13. The van der Waals surface area contributed by atoms with E-state index < -0.39 is 0 Å². The first-order chi connectivity index (χ1) is 8.61. The molecule has 0 amide bonds. The van der Waals surface area contributed by atoms with E-state index in [-0.39, 0.29) is 18.0 Å². The van der Waals surface area contributed by atoms with E-state index in [0.29, 0.717) is 24.8 Å². The topological polar surface area (TPSA) is 41.5 Å². The summed E-state index contributed by atoms with van der Waals surface area (Å²) in [6.45, 7) is 2.52. The highest BCUT2D eigenvalue weighted by molar-refractivity contribution is 5.22. The maximum atomic E-state index is 12.9. The molecule has 0 spiro atoms. The lowest BCUT2D eigenvalue weighted by Crippen LogP contribution is -2.48. The summed E-state index contributed by atoms with van der Waals surface area (Å²) in [4.78, 5) is 0. The van der Waals surface area contributed by atoms with E-state index in [9.17, 15) is 9.50 Å². The molecule has 100 valence electrons. The van der Waals surface area contributed by atoms with Gasteiger partial charge in [-0.2, -0.15) is 0 Å². The Bertz CT molecular complexity index is 395. The number of benzene rings is 1. The summed E-state index contributed by atoms with van der Waals surface area (Å²) >= 11 is 0. The number of aliphatic hydroxyl groups excluding tert-OH is 1. The van der Waals surface area contributed by atoms with Crippen molar-refractivity contribution in [3.05, 3.63) is 30.1 Å². The van der Waals surface area contributed by atoms with Crippen LogP contribution in [0.1, 0.15) is 26.2 Å². The molecule has 1 aromatic rings. The largest absolute Gasteiger partial charge is 0.493 e. The van der Waals surface area contributed by atoms with Gasteiger partial charge in [-0.05, 0) is 31.9 Å². The number of ether oxygens (including phenoxy) is 1. The predicted octanol–water partition coefficient (Wildman–Crippen LogP) is 2.10. The minimum Gasteiger partial charge on any atom is -0.493 e. The second kappa shape index (κ2) is 5.67. The normalized spacial score (nSPS) is 18.4. The summed E-state index contributed by atoms with van der Waals surface area (Å²) in [5.41, 5.74) is -0.311. The number of hydrogen-bond acceptors (Lipinski definition) is 3. The molecule has 0 bridgehead atoms. The van der Waals surface area contributed by atoms with Crippen LogP contribution in [0, 0.1) is 5.82 Å². The molecule has 0 aromatic heterocycles. The van der Waals surface area contributed by atoms with Crippen LogP contribution in [-0.4, -0.2) is 29.9 Å². The van der Waals surface area contributed by atoms with Gasteiger partial charge in [-0.1, -0.05) is 6.07 Å². The Labute approximate surface area is 107 Å². The average Bonchev–Trinajstić information content (AvgIpc) is 3.13. The first-order valence-corrected chi connectivity index (χ1v) is 6.38. The molecule has 1 atom stereocenters. The van der Waals surface area contributed by atoms with Crippen LogP contribution in [0.5, 0.6) is 5.75 Å². The molecule has 0 radical (unpaired) electrons. The van der Waals surface area contributed by atoms with Crippen molar-refractivity contribution >= 4 is 0 Å². The smallest absolute Gasteiger partial charge is 0.126 e. The lowest BCUT2D eigenvalue weighted by atomic mass is 9.99. The molecule has 1 saturated carbocycles. The van der Waals surface area contributed by atoms with Gasteiger partial charge in [0, 0.05) is 24.1 Å². The third-order valence-corrected chi connectivity index (χ3v) is 3.20. The van der Waals surface area contributed by atoms with E-state index in [2.05, 4.69) is 5.32 Å². The van der Waals surface area contributed by atoms with Crippen LogP contribution in [0.25, 0.3) is 0 Å². The van der Waals surface area contributed by atoms with Gasteiger partial charge >= 0.3 is 0 Å². The molecule has 1 aliphatic rings. The summed E-state index contributed by atoms with van der Waals surface area (Å²) in [5.74, 6) is 0.232. The van der Waals surface area contributed by atoms with E-state index in [1.807, 2.05) is 6.92 Å². The highest BCUT2D eigenvalue weighted by Crippen LogP contribution is 2.24. The van der Waals surface area contributed by atoms with Crippen LogP contribution >= 0.6 is 0 Å². The van der Waals surface area contributed by atoms with Crippen molar-refractivity contribution in [3.8, 4) is 5.75 Å². The number of halogens is 1. The monoisotopic (exact) mass is 253 g/mol. The van der Waals surface area contributed by atoms with Crippen molar-refractivity contribution in [1.29, 1.82) is 0 Å². The van der Waals surface area contributed by atoms with Crippen molar-refractivity contribution in [2.24, 2.45) is 0 Å². The lowest BCUT2D eigenvalue weighted by molar-refractivity contribution is 0.142. The maximum absolute atomic E-state index is 12.9. The average molecular weight is 253 g/mol. The second-order valence-electron chi connectivity index (χ2n) is 5.19. The fourth-order valence-corrected chi connectivity index (χ4v) is 1.87. The summed E-state index contributed by atoms with van der Waals surface area (Å²) in [7, 11) is 0. The Morgan fingerprint density at radius 3 is 2.89 bits per heavy atom. The van der Waals surface area contributed by atoms with Gasteiger partial charge in [-0.3, -0.25) is 0 Å². The zero-order chi connectivity index (χ0) is 13.0. The molecule has 0 aliphatic heterocycles. The van der Waals surface area contributed by atoms with Crippen LogP contribution < -0.4 is 10.1 Å². The predicted molar refractivity (Wildman–Crippen MR) is 68.2 cm³/mol. The van der Waals surface area contributed by atoms with Crippen LogP contribution in [0.2, 0.25) is 0 Å². The third kappa shape index (κ3) is 3.96. The summed E-state index contributed by atoms with van der Waals surface area (Å²) < 4.78 is 18.4. The molecular formula is C14H20FNO2. The molecule has 0 heterocycles. The summed E-state index contributed by atoms with van der Waals surface area (Å²) in [6, 6.07) is 6.65. The molecule has 1 aliphatic carbocycles. The van der Waals surface area contributed by atoms with Crippen molar-refractivity contribution in [1.82, 2.24) is 5.32 Å². The quantitative estimate of drug-likeness (QED) is 0.782. The Balaban J connectivity index is 1.79. The van der Waals surface area contributed by atoms with Crippen LogP contribution in [-0.2, 0) is 0 Å². The molecule has 0 saturated heterocycles. The van der Waals surface area contributed by atoms with Crippen molar-refractivity contribution in [2.75, 3.05) is 13.2 Å². The Kier molecular flexibility index (Phi) is 4.19. The van der Waals surface area contributed by atoms with Crippen LogP contribution in [0.3, 0.4) is 0 Å². The standard InChI is InChI=1S/C14H20FNO2/c1-14(10-17,16-12-5-6-12)7-8-18-13-4-2-3-11(15)9-13/h2-4,9,12,16-17H,5-8,10H2,1H3. The maximum Gasteiger partial charge on any atom is 0.126 e. The number of rotatable bonds is 7. The van der Waals surface area contributed by atoms with E-state index in [1.54, 1.807) is 12.1 Å². The molecule has 3 nitrogen and oxygen atoms in total. The molecule has 2 rings (SSSR count). The molecule has 4 heteroatoms. The number of nitrogens with one attached hydrogen (secondary N) is 1. The molecule has 1 aromatic carbocycles. The van der Waals surface area contributed by atoms with Gasteiger partial charge in [0.2, 0.25) is 0 Å². The highest BCUT2D eigenvalue weighted by atomic mass is 19.1. The van der Waals surface area contributed by atoms with E-state index in [1.165, 1.54) is 25.0 Å². The second-order valence-corrected chi connectivity index (χ2v) is 5.19. The fourth-order valence-electron chi connectivity index (χ4n) is 1.87. The van der Waals surface area contributed by atoms with E-state index in [4.69, 9.17) is 4.74 Å². The number of aliphatic hydroxyl groups is 1. The van der Waals surface area contributed by atoms with Crippen LogP contribution in [0.15, 0.2) is 24.3 Å². The summed E-state index contributed by atoms with van der Waals surface area (Å²) in [6.07, 6.45) is 3.05. The minimum atomic E-state index is -0.311. The fraction of sp³-hybridized carbons (Fsp3) is 0.571. The molecule has 2 N–H and O–H groups in total. The minimum absolute atomic E-state index is 0.0794. The zero-order valence-electron chi connectivity index (χ0n) is 10.7. The Morgan fingerprint density at radius 1 is 1.50 bits per heavy atom. The van der Waals surface area contributed by atoms with Gasteiger partial charge in [0.1, 0.15) is 11.6 Å². The number of hydrogen-bond donors (Lipinski definition) is 2. The van der Waals surface area contributed by atoms with Gasteiger partial charge in [0.25, 0.3) is 0 Å². The van der Waals surface area contributed by atoms with E-state index >= 15 is 0 Å². The molecule has 1 fully saturated rings. The summed E-state index contributed by atoms with van der Waals surface area (Å²) in [5, 5.41) is 12.8. The van der Waals surface area contributed by atoms with Gasteiger partial charge in [0.05, 0.1) is 13.2 Å². The van der Waals surface area contributed by atoms with Gasteiger partial charge in [-0.15, -0.1) is 0 Å². The first kappa shape index (κ1) is 13.3. The van der Waals surface area contributed by atoms with Gasteiger partial charge < -0.3 is 15.2 Å². The zero-order valence-corrected chi connectivity index (χ0v) is 10.7.